The third-order valence-electron chi connectivity index (χ3n) is 4.67. The van der Waals surface area contributed by atoms with Crippen LogP contribution in [0.5, 0.6) is 11.5 Å². The van der Waals surface area contributed by atoms with Gasteiger partial charge in [-0.05, 0) is 47.7 Å². The molecule has 0 saturated carbocycles. The van der Waals surface area contributed by atoms with Crippen LogP contribution >= 0.6 is 0 Å². The highest BCUT2D eigenvalue weighted by Gasteiger charge is 2.16. The second-order valence-electron chi connectivity index (χ2n) is 6.84. The predicted octanol–water partition coefficient (Wildman–Crippen LogP) is 4.90. The van der Waals surface area contributed by atoms with Gasteiger partial charge in [-0.1, -0.05) is 43.7 Å². The van der Waals surface area contributed by atoms with Crippen LogP contribution in [0.15, 0.2) is 61.2 Å². The fraction of sp³-hybridized carbons (Fsp3) is 0.391. The first-order chi connectivity index (χ1) is 14.1. The Bertz CT molecular complexity index is 712. The van der Waals surface area contributed by atoms with Crippen molar-refractivity contribution in [2.75, 3.05) is 20.0 Å². The number of methoxy groups -OCH3 is 2. The van der Waals surface area contributed by atoms with Gasteiger partial charge in [0.05, 0.1) is 33.1 Å². The predicted molar refractivity (Wildman–Crippen MR) is 118 cm³/mol. The molecule has 0 aromatic heterocycles. The minimum Gasteiger partial charge on any atom is -0.497 e. The first-order valence-electron chi connectivity index (χ1n) is 9.76. The number of hydrogen-bond acceptors (Lipinski definition) is 5. The van der Waals surface area contributed by atoms with E-state index in [1.54, 1.807) is 19.3 Å². The van der Waals surface area contributed by atoms with E-state index in [-0.39, 0.29) is 0 Å². The van der Waals surface area contributed by atoms with Crippen molar-refractivity contribution in [1.29, 1.82) is 0 Å². The van der Waals surface area contributed by atoms with E-state index in [2.05, 4.69) is 13.5 Å². The van der Waals surface area contributed by atoms with Crippen LogP contribution in [0.2, 0.25) is 0 Å². The molecule has 0 amide bonds. The first-order valence-corrected chi connectivity index (χ1v) is 11.0. The van der Waals surface area contributed by atoms with Crippen molar-refractivity contribution in [1.82, 2.24) is 5.06 Å². The second kappa shape index (κ2) is 12.4. The number of allylic oxidation sites excluding steroid dienone is 1. The summed E-state index contributed by atoms with van der Waals surface area (Å²) >= 11 is -1.41. The van der Waals surface area contributed by atoms with E-state index in [1.807, 2.05) is 54.6 Å². The van der Waals surface area contributed by atoms with Crippen molar-refractivity contribution in [3.05, 3.63) is 72.3 Å². The maximum Gasteiger partial charge on any atom is 0.173 e. The molecule has 0 saturated heterocycles. The molecule has 5 nitrogen and oxygen atoms in total. The lowest BCUT2D eigenvalue weighted by Crippen LogP contribution is -2.26. The van der Waals surface area contributed by atoms with Gasteiger partial charge in [0.15, 0.2) is 11.1 Å². The summed E-state index contributed by atoms with van der Waals surface area (Å²) in [6.45, 7) is 6.91. The quantitative estimate of drug-likeness (QED) is 0.343. The normalized spacial score (nSPS) is 13.1. The monoisotopic (exact) mass is 417 g/mol. The van der Waals surface area contributed by atoms with E-state index >= 15 is 0 Å². The molecule has 0 radical (unpaired) electrons. The van der Waals surface area contributed by atoms with Crippen LogP contribution in [0.1, 0.15) is 30.9 Å². The molecule has 29 heavy (non-hydrogen) atoms. The molecule has 0 spiro atoms. The summed E-state index contributed by atoms with van der Waals surface area (Å²) in [6, 6.07) is 15.6. The molecular weight excluding hydrogens is 386 g/mol. The summed E-state index contributed by atoms with van der Waals surface area (Å²) in [7, 11) is 3.29. The second-order valence-corrected chi connectivity index (χ2v) is 7.93. The Morgan fingerprint density at radius 1 is 0.966 bits per heavy atom. The zero-order valence-corrected chi connectivity index (χ0v) is 18.3. The highest BCUT2D eigenvalue weighted by atomic mass is 32.2. The van der Waals surface area contributed by atoms with Crippen LogP contribution in [0.4, 0.5) is 0 Å². The summed E-state index contributed by atoms with van der Waals surface area (Å²) in [5, 5.41) is 1.75. The van der Waals surface area contributed by atoms with Crippen molar-refractivity contribution in [3.8, 4) is 11.5 Å². The zero-order valence-electron chi connectivity index (χ0n) is 17.5. The third kappa shape index (κ3) is 8.01. The molecule has 6 heteroatoms. The summed E-state index contributed by atoms with van der Waals surface area (Å²) < 4.78 is 29.0. The lowest BCUT2D eigenvalue weighted by molar-refractivity contribution is -0.0629. The van der Waals surface area contributed by atoms with Crippen molar-refractivity contribution in [2.24, 2.45) is 5.92 Å². The average Bonchev–Trinajstić information content (AvgIpc) is 2.74. The Labute approximate surface area is 176 Å². The van der Waals surface area contributed by atoms with E-state index < -0.39 is 11.1 Å². The van der Waals surface area contributed by atoms with E-state index in [1.165, 1.54) is 0 Å². The largest absolute Gasteiger partial charge is 0.497 e. The number of rotatable bonds is 13. The molecule has 1 unspecified atom stereocenters. The molecule has 0 aliphatic rings. The van der Waals surface area contributed by atoms with Crippen LogP contribution in [0, 0.1) is 5.92 Å². The van der Waals surface area contributed by atoms with Gasteiger partial charge in [-0.3, -0.25) is 0 Å². The lowest BCUT2D eigenvalue weighted by atomic mass is 10.1. The van der Waals surface area contributed by atoms with E-state index in [4.69, 9.17) is 13.8 Å². The van der Waals surface area contributed by atoms with Gasteiger partial charge in [-0.15, -0.1) is 6.58 Å². The molecule has 0 N–H and O–H groups in total. The minimum absolute atomic E-state index is 0.303. The average molecular weight is 418 g/mol. The van der Waals surface area contributed by atoms with E-state index in [9.17, 15) is 4.21 Å². The fourth-order valence-corrected chi connectivity index (χ4v) is 4.06. The molecule has 0 aliphatic heterocycles. The van der Waals surface area contributed by atoms with Gasteiger partial charge >= 0.3 is 0 Å². The Kier molecular flexibility index (Phi) is 9.91. The summed E-state index contributed by atoms with van der Waals surface area (Å²) in [5.41, 5.74) is 2.10. The highest BCUT2D eigenvalue weighted by molar-refractivity contribution is 7.80. The van der Waals surface area contributed by atoms with Crippen molar-refractivity contribution < 1.29 is 18.0 Å². The zero-order chi connectivity index (χ0) is 21.1. The van der Waals surface area contributed by atoms with E-state index in [0.29, 0.717) is 24.8 Å². The van der Waals surface area contributed by atoms with Gasteiger partial charge in [0.1, 0.15) is 11.5 Å². The Morgan fingerprint density at radius 2 is 1.45 bits per heavy atom. The first kappa shape index (κ1) is 23.1. The Morgan fingerprint density at radius 3 is 1.83 bits per heavy atom. The van der Waals surface area contributed by atoms with Crippen LogP contribution < -0.4 is 9.47 Å². The number of nitrogens with zero attached hydrogens (tertiary/aromatic N) is 1. The summed E-state index contributed by atoms with van der Waals surface area (Å²) in [6.07, 6.45) is 3.65. The number of benzene rings is 2. The smallest absolute Gasteiger partial charge is 0.173 e. The molecule has 0 fully saturated rings. The third-order valence-corrected chi connectivity index (χ3v) is 5.79. The van der Waals surface area contributed by atoms with Gasteiger partial charge in [0, 0.05) is 0 Å². The number of hydrogen-bond donors (Lipinski definition) is 0. The summed E-state index contributed by atoms with van der Waals surface area (Å²) in [5.74, 6) is 2.40. The van der Waals surface area contributed by atoms with Gasteiger partial charge in [0.25, 0.3) is 0 Å². The van der Waals surface area contributed by atoms with Crippen LogP contribution in [-0.2, 0) is 28.5 Å². The Balaban J connectivity index is 2.09. The van der Waals surface area contributed by atoms with Gasteiger partial charge in [-0.25, -0.2) is 4.21 Å². The maximum absolute atomic E-state index is 12.7. The van der Waals surface area contributed by atoms with E-state index in [0.717, 1.165) is 35.5 Å². The van der Waals surface area contributed by atoms with Gasteiger partial charge in [0.2, 0.25) is 0 Å². The number of hydroxylamine groups is 2. The SMILES string of the molecule is C=CC[C@H](CC)CS(=O)ON(Cc1ccc(OC)cc1)Cc1ccc(OC)cc1. The van der Waals surface area contributed by atoms with Crippen LogP contribution in [0.3, 0.4) is 0 Å². The van der Waals surface area contributed by atoms with Crippen molar-refractivity contribution in [3.63, 3.8) is 0 Å². The van der Waals surface area contributed by atoms with Crippen LogP contribution in [-0.4, -0.2) is 29.2 Å². The molecule has 0 heterocycles. The van der Waals surface area contributed by atoms with Crippen molar-refractivity contribution in [2.45, 2.75) is 32.9 Å². The van der Waals surface area contributed by atoms with Crippen molar-refractivity contribution >= 4 is 11.1 Å². The highest BCUT2D eigenvalue weighted by Crippen LogP contribution is 2.19. The minimum atomic E-state index is -1.41. The molecule has 2 aromatic carbocycles. The molecule has 0 bridgehead atoms. The summed E-state index contributed by atoms with van der Waals surface area (Å²) in [4.78, 5) is 0. The molecule has 158 valence electrons. The lowest BCUT2D eigenvalue weighted by Gasteiger charge is -2.22. The number of ether oxygens (including phenoxy) is 2. The standard InChI is InChI=1S/C23H31NO4S/c1-5-7-19(6-2)18-29(25)28-24(16-20-8-12-22(26-3)13-9-20)17-21-10-14-23(27-4)15-11-21/h5,8-15,19H,1,6-7,16-18H2,2-4H3/t19-,29?/m0/s1. The van der Waals surface area contributed by atoms with Crippen LogP contribution in [0.25, 0.3) is 0 Å². The van der Waals surface area contributed by atoms with Gasteiger partial charge < -0.3 is 9.47 Å². The molecule has 0 aliphatic carbocycles. The molecule has 2 aromatic rings. The molecule has 2 atom stereocenters. The fourth-order valence-electron chi connectivity index (χ4n) is 2.91. The maximum atomic E-state index is 12.7. The molecule has 2 rings (SSSR count). The molecular formula is C23H31NO4S. The van der Waals surface area contributed by atoms with Gasteiger partial charge in [-0.2, -0.15) is 9.35 Å². The Hall–Kier alpha value is -2.15. The topological polar surface area (TPSA) is 48.0 Å².